The third kappa shape index (κ3) is 5.57. The maximum absolute atomic E-state index is 13.1. The molecule has 4 nitrogen and oxygen atoms in total. The van der Waals surface area contributed by atoms with E-state index in [2.05, 4.69) is 0 Å². The molecule has 108 valence electrons. The second-order valence-corrected chi connectivity index (χ2v) is 6.71. The average Bonchev–Trinajstić information content (AvgIpc) is 2.26. The van der Waals surface area contributed by atoms with E-state index >= 15 is 0 Å². The van der Waals surface area contributed by atoms with Gasteiger partial charge in [-0.1, -0.05) is 19.9 Å². The molecule has 6 heteroatoms. The quantitative estimate of drug-likeness (QED) is 0.871. The van der Waals surface area contributed by atoms with Crippen LogP contribution in [0, 0.1) is 24.6 Å². The Hall–Kier alpha value is -1.14. The third-order valence-electron chi connectivity index (χ3n) is 2.99. The molecule has 0 aromatic heterocycles. The number of sulfonamides is 1. The Kier molecular flexibility index (Phi) is 5.31. The van der Waals surface area contributed by atoms with Gasteiger partial charge in [-0.05, 0) is 24.5 Å². The van der Waals surface area contributed by atoms with E-state index < -0.39 is 10.0 Å². The smallest absolute Gasteiger partial charge is 0.209 e. The van der Waals surface area contributed by atoms with Gasteiger partial charge in [-0.3, -0.25) is 0 Å². The highest BCUT2D eigenvalue weighted by molar-refractivity contribution is 7.89. The Morgan fingerprint density at radius 3 is 2.53 bits per heavy atom. The lowest BCUT2D eigenvalue weighted by Crippen LogP contribution is -2.30. The number of primary sulfonamides is 1. The molecule has 0 fully saturated rings. The molecule has 19 heavy (non-hydrogen) atoms. The molecule has 0 saturated heterocycles. The van der Waals surface area contributed by atoms with Crippen LogP contribution in [-0.2, 0) is 10.0 Å². The SMILES string of the molecule is Cc1ccc(F)cc1OCC(CS(N)(=O)=O)C(C)C. The number of nitrogens with two attached hydrogens (primary N) is 1. The topological polar surface area (TPSA) is 69.4 Å². The molecule has 1 aromatic rings. The van der Waals surface area contributed by atoms with Crippen LogP contribution in [0.1, 0.15) is 19.4 Å². The van der Waals surface area contributed by atoms with Crippen LogP contribution in [0.2, 0.25) is 0 Å². The van der Waals surface area contributed by atoms with Crippen molar-refractivity contribution < 1.29 is 17.5 Å². The number of halogens is 1. The maximum atomic E-state index is 13.1. The van der Waals surface area contributed by atoms with Crippen LogP contribution in [-0.4, -0.2) is 20.8 Å². The van der Waals surface area contributed by atoms with Gasteiger partial charge in [-0.25, -0.2) is 17.9 Å². The highest BCUT2D eigenvalue weighted by Gasteiger charge is 2.20. The van der Waals surface area contributed by atoms with E-state index in [1.165, 1.54) is 12.1 Å². The minimum absolute atomic E-state index is 0.104. The first-order valence-electron chi connectivity index (χ1n) is 6.08. The Morgan fingerprint density at radius 1 is 1.37 bits per heavy atom. The van der Waals surface area contributed by atoms with E-state index in [4.69, 9.17) is 9.88 Å². The third-order valence-corrected chi connectivity index (χ3v) is 3.89. The van der Waals surface area contributed by atoms with Crippen LogP contribution in [0.5, 0.6) is 5.75 Å². The highest BCUT2D eigenvalue weighted by Crippen LogP contribution is 2.21. The van der Waals surface area contributed by atoms with E-state index in [-0.39, 0.29) is 30.0 Å². The van der Waals surface area contributed by atoms with Crippen molar-refractivity contribution in [2.24, 2.45) is 17.0 Å². The summed E-state index contributed by atoms with van der Waals surface area (Å²) in [5.41, 5.74) is 0.805. The van der Waals surface area contributed by atoms with Crippen molar-refractivity contribution in [2.45, 2.75) is 20.8 Å². The molecular weight excluding hydrogens is 269 g/mol. The normalized spacial score (nSPS) is 13.6. The number of hydrogen-bond donors (Lipinski definition) is 1. The van der Waals surface area contributed by atoms with E-state index in [0.717, 1.165) is 5.56 Å². The zero-order chi connectivity index (χ0) is 14.6. The molecule has 0 bridgehead atoms. The summed E-state index contributed by atoms with van der Waals surface area (Å²) in [6, 6.07) is 4.27. The minimum atomic E-state index is -3.55. The van der Waals surface area contributed by atoms with Crippen molar-refractivity contribution >= 4 is 10.0 Å². The lowest BCUT2D eigenvalue weighted by Gasteiger charge is -2.20. The lowest BCUT2D eigenvalue weighted by atomic mass is 9.99. The standard InChI is InChI=1S/C13H20FNO3S/c1-9(2)11(8-19(15,16)17)7-18-13-6-12(14)5-4-10(13)3/h4-6,9,11H,7-8H2,1-3H3,(H2,15,16,17). The molecule has 0 aliphatic carbocycles. The first-order valence-corrected chi connectivity index (χ1v) is 7.80. The molecule has 2 N–H and O–H groups in total. The number of hydrogen-bond acceptors (Lipinski definition) is 3. The molecule has 1 rings (SSSR count). The first kappa shape index (κ1) is 15.9. The Bertz CT molecular complexity index is 529. The van der Waals surface area contributed by atoms with Crippen molar-refractivity contribution in [1.82, 2.24) is 0 Å². The monoisotopic (exact) mass is 289 g/mol. The number of ether oxygens (including phenoxy) is 1. The zero-order valence-corrected chi connectivity index (χ0v) is 12.2. The molecule has 0 radical (unpaired) electrons. The summed E-state index contributed by atoms with van der Waals surface area (Å²) in [4.78, 5) is 0. The van der Waals surface area contributed by atoms with Crippen molar-refractivity contribution in [3.8, 4) is 5.75 Å². The highest BCUT2D eigenvalue weighted by atomic mass is 32.2. The van der Waals surface area contributed by atoms with Crippen LogP contribution < -0.4 is 9.88 Å². The van der Waals surface area contributed by atoms with Gasteiger partial charge in [0.1, 0.15) is 11.6 Å². The van der Waals surface area contributed by atoms with Gasteiger partial charge in [0.25, 0.3) is 0 Å². The molecule has 0 saturated carbocycles. The van der Waals surface area contributed by atoms with Gasteiger partial charge in [-0.2, -0.15) is 0 Å². The summed E-state index contributed by atoms with van der Waals surface area (Å²) < 4.78 is 40.9. The largest absolute Gasteiger partial charge is 0.493 e. The fourth-order valence-electron chi connectivity index (χ4n) is 1.66. The Labute approximate surface area is 113 Å². The van der Waals surface area contributed by atoms with Crippen molar-refractivity contribution in [2.75, 3.05) is 12.4 Å². The molecular formula is C13H20FNO3S. The van der Waals surface area contributed by atoms with Crippen LogP contribution >= 0.6 is 0 Å². The number of benzene rings is 1. The summed E-state index contributed by atoms with van der Waals surface area (Å²) in [5, 5.41) is 5.05. The van der Waals surface area contributed by atoms with E-state index in [1.807, 2.05) is 13.8 Å². The van der Waals surface area contributed by atoms with E-state index in [9.17, 15) is 12.8 Å². The minimum Gasteiger partial charge on any atom is -0.493 e. The van der Waals surface area contributed by atoms with Crippen molar-refractivity contribution in [1.29, 1.82) is 0 Å². The van der Waals surface area contributed by atoms with Gasteiger partial charge >= 0.3 is 0 Å². The van der Waals surface area contributed by atoms with Crippen LogP contribution in [0.15, 0.2) is 18.2 Å². The Morgan fingerprint density at radius 2 is 2.00 bits per heavy atom. The predicted octanol–water partition coefficient (Wildman–Crippen LogP) is 2.07. The fraction of sp³-hybridized carbons (Fsp3) is 0.538. The molecule has 0 spiro atoms. The molecule has 1 atom stereocenters. The second-order valence-electron chi connectivity index (χ2n) is 5.05. The number of rotatable bonds is 6. The summed E-state index contributed by atoms with van der Waals surface area (Å²) in [5.74, 6) is -0.211. The number of aryl methyl sites for hydroxylation is 1. The predicted molar refractivity (Wildman–Crippen MR) is 72.9 cm³/mol. The lowest BCUT2D eigenvalue weighted by molar-refractivity contribution is 0.223. The summed E-state index contributed by atoms with van der Waals surface area (Å²) >= 11 is 0. The van der Waals surface area contributed by atoms with Gasteiger partial charge in [-0.15, -0.1) is 0 Å². The van der Waals surface area contributed by atoms with Crippen molar-refractivity contribution in [3.63, 3.8) is 0 Å². The summed E-state index contributed by atoms with van der Waals surface area (Å²) in [6.45, 7) is 5.80. The van der Waals surface area contributed by atoms with Crippen LogP contribution in [0.25, 0.3) is 0 Å². The van der Waals surface area contributed by atoms with Gasteiger partial charge in [0.2, 0.25) is 10.0 Å². The Balaban J connectivity index is 2.74. The fourth-order valence-corrected chi connectivity index (χ4v) is 2.74. The summed E-state index contributed by atoms with van der Waals surface area (Å²) in [6.07, 6.45) is 0. The molecule has 1 aromatic carbocycles. The van der Waals surface area contributed by atoms with E-state index in [1.54, 1.807) is 13.0 Å². The van der Waals surface area contributed by atoms with Crippen molar-refractivity contribution in [3.05, 3.63) is 29.6 Å². The second kappa shape index (κ2) is 6.34. The zero-order valence-electron chi connectivity index (χ0n) is 11.4. The molecule has 0 aliphatic heterocycles. The molecule has 1 unspecified atom stereocenters. The molecule has 0 amide bonds. The van der Waals surface area contributed by atoms with Crippen LogP contribution in [0.3, 0.4) is 0 Å². The molecule has 0 heterocycles. The maximum Gasteiger partial charge on any atom is 0.209 e. The van der Waals surface area contributed by atoms with Gasteiger partial charge in [0.15, 0.2) is 0 Å². The van der Waals surface area contributed by atoms with Gasteiger partial charge in [0, 0.05) is 12.0 Å². The molecule has 0 aliphatic rings. The van der Waals surface area contributed by atoms with Crippen LogP contribution in [0.4, 0.5) is 4.39 Å². The van der Waals surface area contributed by atoms with Gasteiger partial charge < -0.3 is 4.74 Å². The van der Waals surface area contributed by atoms with E-state index in [0.29, 0.717) is 5.75 Å². The average molecular weight is 289 g/mol. The first-order chi connectivity index (χ1) is 8.69. The summed E-state index contributed by atoms with van der Waals surface area (Å²) in [7, 11) is -3.55. The van der Waals surface area contributed by atoms with Gasteiger partial charge in [0.05, 0.1) is 12.4 Å².